The van der Waals surface area contributed by atoms with E-state index in [-0.39, 0.29) is 5.91 Å². The van der Waals surface area contributed by atoms with Gasteiger partial charge < -0.3 is 9.80 Å². The van der Waals surface area contributed by atoms with Crippen LogP contribution in [0.25, 0.3) is 11.1 Å². The van der Waals surface area contributed by atoms with Crippen LogP contribution in [0, 0.1) is 6.92 Å². The molecule has 0 saturated carbocycles. The third-order valence-corrected chi connectivity index (χ3v) is 7.58. The fourth-order valence-electron chi connectivity index (χ4n) is 5.27. The first-order chi connectivity index (χ1) is 18.1. The number of rotatable bonds is 7. The number of amides is 1. The van der Waals surface area contributed by atoms with Crippen molar-refractivity contribution in [3.8, 4) is 11.1 Å². The summed E-state index contributed by atoms with van der Waals surface area (Å²) in [7, 11) is 0. The van der Waals surface area contributed by atoms with Crippen molar-refractivity contribution in [1.82, 2.24) is 4.90 Å². The molecule has 3 heteroatoms. The first-order valence-corrected chi connectivity index (χ1v) is 13.5. The van der Waals surface area contributed by atoms with Gasteiger partial charge in [-0.15, -0.1) is 0 Å². The average molecular weight is 489 g/mol. The standard InChI is InChI=1S/C34H36N2O/c1-3-29-11-7-8-12-33(29)35-21-23-36(24-22-35)34(37)32-25-31(18-13-26(32)2)30-19-16-28(17-20-30)15-14-27-9-5-4-6-10-27/h4-13,16-20,25H,3,14-15,21-24H2,1-2H3. The number of benzene rings is 4. The summed E-state index contributed by atoms with van der Waals surface area (Å²) in [5, 5.41) is 0. The van der Waals surface area contributed by atoms with Gasteiger partial charge >= 0.3 is 0 Å². The second-order valence-electron chi connectivity index (χ2n) is 9.97. The van der Waals surface area contributed by atoms with Crippen molar-refractivity contribution in [3.63, 3.8) is 0 Å². The fraction of sp³-hybridized carbons (Fsp3) is 0.265. The lowest BCUT2D eigenvalue weighted by molar-refractivity contribution is 0.0746. The predicted octanol–water partition coefficient (Wildman–Crippen LogP) is 6.97. The number of hydrogen-bond acceptors (Lipinski definition) is 2. The number of nitrogens with zero attached hydrogens (tertiary/aromatic N) is 2. The van der Waals surface area contributed by atoms with Crippen LogP contribution in [0.2, 0.25) is 0 Å². The Kier molecular flexibility index (Phi) is 7.70. The van der Waals surface area contributed by atoms with Crippen molar-refractivity contribution in [2.75, 3.05) is 31.1 Å². The van der Waals surface area contributed by atoms with E-state index in [9.17, 15) is 4.79 Å². The minimum Gasteiger partial charge on any atom is -0.368 e. The minimum absolute atomic E-state index is 0.141. The first-order valence-electron chi connectivity index (χ1n) is 13.5. The molecule has 37 heavy (non-hydrogen) atoms. The second-order valence-corrected chi connectivity index (χ2v) is 9.97. The monoisotopic (exact) mass is 488 g/mol. The van der Waals surface area contributed by atoms with Crippen molar-refractivity contribution in [2.45, 2.75) is 33.1 Å². The average Bonchev–Trinajstić information content (AvgIpc) is 2.97. The summed E-state index contributed by atoms with van der Waals surface area (Å²) in [6, 6.07) is 34.3. The highest BCUT2D eigenvalue weighted by molar-refractivity contribution is 5.97. The molecular formula is C34H36N2O. The third-order valence-electron chi connectivity index (χ3n) is 7.58. The molecule has 0 N–H and O–H groups in total. The Labute approximate surface area is 221 Å². The van der Waals surface area contributed by atoms with Gasteiger partial charge in [0.1, 0.15) is 0 Å². The van der Waals surface area contributed by atoms with E-state index in [4.69, 9.17) is 0 Å². The number of aryl methyl sites for hydroxylation is 4. The maximum absolute atomic E-state index is 13.6. The number of piperazine rings is 1. The molecule has 5 rings (SSSR count). The maximum Gasteiger partial charge on any atom is 0.254 e. The van der Waals surface area contributed by atoms with Crippen LogP contribution in [0.5, 0.6) is 0 Å². The van der Waals surface area contributed by atoms with Gasteiger partial charge in [-0.1, -0.05) is 91.9 Å². The van der Waals surface area contributed by atoms with Crippen LogP contribution in [-0.2, 0) is 19.3 Å². The molecule has 0 radical (unpaired) electrons. The van der Waals surface area contributed by atoms with Crippen LogP contribution >= 0.6 is 0 Å². The molecule has 1 aliphatic rings. The molecule has 1 heterocycles. The van der Waals surface area contributed by atoms with Gasteiger partial charge in [-0.2, -0.15) is 0 Å². The topological polar surface area (TPSA) is 23.6 Å². The predicted molar refractivity (Wildman–Crippen MR) is 154 cm³/mol. The third kappa shape index (κ3) is 5.77. The largest absolute Gasteiger partial charge is 0.368 e. The van der Waals surface area contributed by atoms with Crippen LogP contribution in [0.1, 0.15) is 39.5 Å². The van der Waals surface area contributed by atoms with Crippen LogP contribution in [0.15, 0.2) is 97.1 Å². The molecule has 4 aromatic carbocycles. The van der Waals surface area contributed by atoms with Crippen LogP contribution in [0.4, 0.5) is 5.69 Å². The van der Waals surface area contributed by atoms with E-state index in [2.05, 4.69) is 109 Å². The molecular weight excluding hydrogens is 452 g/mol. The quantitative estimate of drug-likeness (QED) is 0.280. The Hall–Kier alpha value is -3.85. The molecule has 0 bridgehead atoms. The number of anilines is 1. The summed E-state index contributed by atoms with van der Waals surface area (Å²) >= 11 is 0. The summed E-state index contributed by atoms with van der Waals surface area (Å²) < 4.78 is 0. The normalized spacial score (nSPS) is 13.6. The number of carbonyl (C=O) groups is 1. The molecule has 1 saturated heterocycles. The maximum atomic E-state index is 13.6. The van der Waals surface area contributed by atoms with Gasteiger partial charge in [-0.25, -0.2) is 0 Å². The second kappa shape index (κ2) is 11.5. The molecule has 1 fully saturated rings. The highest BCUT2D eigenvalue weighted by Crippen LogP contribution is 2.26. The lowest BCUT2D eigenvalue weighted by atomic mass is 9.97. The van der Waals surface area contributed by atoms with E-state index < -0.39 is 0 Å². The minimum atomic E-state index is 0.141. The Morgan fingerprint density at radius 2 is 1.32 bits per heavy atom. The molecule has 0 spiro atoms. The van der Waals surface area contributed by atoms with Crippen LogP contribution in [-0.4, -0.2) is 37.0 Å². The van der Waals surface area contributed by atoms with Crippen molar-refractivity contribution >= 4 is 11.6 Å². The van der Waals surface area contributed by atoms with Crippen molar-refractivity contribution < 1.29 is 4.79 Å². The molecule has 0 unspecified atom stereocenters. The molecule has 3 nitrogen and oxygen atoms in total. The number of carbonyl (C=O) groups excluding carboxylic acids is 1. The van der Waals surface area contributed by atoms with Crippen molar-refractivity contribution in [1.29, 1.82) is 0 Å². The first kappa shape index (κ1) is 24.8. The lowest BCUT2D eigenvalue weighted by Gasteiger charge is -2.37. The summed E-state index contributed by atoms with van der Waals surface area (Å²) in [6.45, 7) is 7.47. The smallest absolute Gasteiger partial charge is 0.254 e. The van der Waals surface area contributed by atoms with E-state index in [1.54, 1.807) is 0 Å². The summed E-state index contributed by atoms with van der Waals surface area (Å²) in [5.41, 5.74) is 9.47. The van der Waals surface area contributed by atoms with Gasteiger partial charge in [-0.3, -0.25) is 4.79 Å². The Balaban J connectivity index is 1.25. The molecule has 188 valence electrons. The van der Waals surface area contributed by atoms with E-state index in [0.717, 1.165) is 67.7 Å². The molecule has 0 aliphatic carbocycles. The molecule has 1 amide bonds. The Morgan fingerprint density at radius 1 is 0.703 bits per heavy atom. The fourth-order valence-corrected chi connectivity index (χ4v) is 5.27. The molecule has 4 aromatic rings. The number of para-hydroxylation sites is 1. The van der Waals surface area contributed by atoms with Crippen molar-refractivity contribution in [2.24, 2.45) is 0 Å². The van der Waals surface area contributed by atoms with E-state index in [1.807, 2.05) is 11.8 Å². The van der Waals surface area contributed by atoms with Gasteiger partial charge in [0.2, 0.25) is 0 Å². The molecule has 1 aliphatic heterocycles. The summed E-state index contributed by atoms with van der Waals surface area (Å²) in [5.74, 6) is 0.141. The molecule has 0 aromatic heterocycles. The Bertz CT molecular complexity index is 1340. The van der Waals surface area contributed by atoms with Gasteiger partial charge in [0, 0.05) is 37.4 Å². The zero-order valence-corrected chi connectivity index (χ0v) is 22.0. The van der Waals surface area contributed by atoms with Crippen LogP contribution in [0.3, 0.4) is 0 Å². The van der Waals surface area contributed by atoms with Crippen LogP contribution < -0.4 is 4.90 Å². The Morgan fingerprint density at radius 3 is 2.03 bits per heavy atom. The zero-order chi connectivity index (χ0) is 25.6. The van der Waals surface area contributed by atoms with Gasteiger partial charge in [0.15, 0.2) is 0 Å². The van der Waals surface area contributed by atoms with E-state index in [0.29, 0.717) is 0 Å². The van der Waals surface area contributed by atoms with Gasteiger partial charge in [0.05, 0.1) is 0 Å². The van der Waals surface area contributed by atoms with Gasteiger partial charge in [-0.05, 0) is 71.7 Å². The van der Waals surface area contributed by atoms with Crippen molar-refractivity contribution in [3.05, 3.63) is 125 Å². The summed E-state index contributed by atoms with van der Waals surface area (Å²) in [6.07, 6.45) is 3.09. The van der Waals surface area contributed by atoms with Gasteiger partial charge in [0.25, 0.3) is 5.91 Å². The van der Waals surface area contributed by atoms with E-state index >= 15 is 0 Å². The SMILES string of the molecule is CCc1ccccc1N1CCN(C(=O)c2cc(-c3ccc(CCc4ccccc4)cc3)ccc2C)CC1. The highest BCUT2D eigenvalue weighted by atomic mass is 16.2. The number of hydrogen-bond donors (Lipinski definition) is 0. The molecule has 0 atom stereocenters. The zero-order valence-electron chi connectivity index (χ0n) is 22.0. The lowest BCUT2D eigenvalue weighted by Crippen LogP contribution is -2.49. The summed E-state index contributed by atoms with van der Waals surface area (Å²) in [4.78, 5) is 18.0. The van der Waals surface area contributed by atoms with E-state index in [1.165, 1.54) is 22.4 Å². The highest BCUT2D eigenvalue weighted by Gasteiger charge is 2.24.